The van der Waals surface area contributed by atoms with Crippen molar-refractivity contribution in [3.8, 4) is 5.88 Å². The van der Waals surface area contributed by atoms with Gasteiger partial charge in [-0.05, 0) is 23.4 Å². The lowest BCUT2D eigenvalue weighted by Crippen LogP contribution is -2.60. The smallest absolute Gasteiger partial charge is 0.433 e. The van der Waals surface area contributed by atoms with Gasteiger partial charge in [0.05, 0.1) is 12.2 Å². The number of ether oxygens (including phenoxy) is 2. The molecule has 2 heterocycles. The molecule has 1 unspecified atom stereocenters. The highest BCUT2D eigenvalue weighted by Gasteiger charge is 2.47. The summed E-state index contributed by atoms with van der Waals surface area (Å²) in [4.78, 5) is 0.973. The van der Waals surface area contributed by atoms with Crippen LogP contribution >= 0.6 is 11.8 Å². The van der Waals surface area contributed by atoms with Gasteiger partial charge in [-0.15, -0.1) is 16.9 Å². The Morgan fingerprint density at radius 3 is 2.41 bits per heavy atom. The van der Waals surface area contributed by atoms with Crippen molar-refractivity contribution in [1.82, 2.24) is 10.2 Å². The molecule has 178 valence electrons. The summed E-state index contributed by atoms with van der Waals surface area (Å²) in [6.07, 6.45) is -12.9. The van der Waals surface area contributed by atoms with Crippen LogP contribution in [0, 0.1) is 0 Å². The van der Waals surface area contributed by atoms with Gasteiger partial charge in [0.1, 0.15) is 24.0 Å². The third kappa shape index (κ3) is 5.05. The van der Waals surface area contributed by atoms with Crippen LogP contribution in [-0.4, -0.2) is 73.7 Å². The molecule has 2 aromatic rings. The molecule has 1 aliphatic rings. The Kier molecular flexibility index (Phi) is 7.73. The van der Waals surface area contributed by atoms with Crippen LogP contribution in [0.1, 0.15) is 36.6 Å². The molecule has 0 saturated carbocycles. The first-order valence-electron chi connectivity index (χ1n) is 9.93. The van der Waals surface area contributed by atoms with Crippen molar-refractivity contribution >= 4 is 11.8 Å². The van der Waals surface area contributed by atoms with Crippen molar-refractivity contribution in [2.24, 2.45) is 0 Å². The molecule has 1 aromatic heterocycles. The van der Waals surface area contributed by atoms with Gasteiger partial charge in [-0.3, -0.25) is 5.10 Å². The molecule has 32 heavy (non-hydrogen) atoms. The molecule has 1 aliphatic heterocycles. The second-order valence-electron chi connectivity index (χ2n) is 7.35. The number of aromatic amines is 1. The van der Waals surface area contributed by atoms with Crippen molar-refractivity contribution in [2.75, 3.05) is 12.4 Å². The number of nitrogens with one attached hydrogen (secondary N) is 1. The number of benzene rings is 1. The second kappa shape index (κ2) is 9.98. The SMILES string of the molecule is CCSc1ccc(C(C)c2c(O[C@@H]3[C@@H](O)[C@H](O)[C@@H](CO)O[C@H]3O)n[nH]c2C(F)(F)F)cc1. The molecular weight excluding hydrogens is 453 g/mol. The fourth-order valence-electron chi connectivity index (χ4n) is 3.56. The summed E-state index contributed by atoms with van der Waals surface area (Å²) in [6.45, 7) is 2.86. The number of nitrogens with zero attached hydrogens (tertiary/aromatic N) is 1. The van der Waals surface area contributed by atoms with E-state index in [0.717, 1.165) is 10.6 Å². The third-order valence-electron chi connectivity index (χ3n) is 5.27. The molecule has 0 aliphatic carbocycles. The van der Waals surface area contributed by atoms with Crippen LogP contribution in [0.3, 0.4) is 0 Å². The summed E-state index contributed by atoms with van der Waals surface area (Å²) in [6, 6.07) is 7.04. The van der Waals surface area contributed by atoms with Crippen molar-refractivity contribution < 1.29 is 43.1 Å². The maximum Gasteiger partial charge on any atom is 0.433 e. The normalized spacial score (nSPS) is 27.3. The van der Waals surface area contributed by atoms with Crippen molar-refractivity contribution in [3.05, 3.63) is 41.1 Å². The highest BCUT2D eigenvalue weighted by Crippen LogP contribution is 2.41. The summed E-state index contributed by atoms with van der Waals surface area (Å²) >= 11 is 1.60. The zero-order chi connectivity index (χ0) is 23.6. The van der Waals surface area contributed by atoms with Crippen LogP contribution in [-0.2, 0) is 10.9 Å². The van der Waals surface area contributed by atoms with Crippen LogP contribution < -0.4 is 4.74 Å². The summed E-state index contributed by atoms with van der Waals surface area (Å²) in [5, 5.41) is 45.2. The Morgan fingerprint density at radius 1 is 1.19 bits per heavy atom. The molecule has 6 atom stereocenters. The number of hydrogen-bond acceptors (Lipinski definition) is 8. The number of hydrogen-bond donors (Lipinski definition) is 5. The number of H-pyrrole nitrogens is 1. The zero-order valence-corrected chi connectivity index (χ0v) is 18.1. The molecule has 3 rings (SSSR count). The third-order valence-corrected chi connectivity index (χ3v) is 6.16. The largest absolute Gasteiger partial charge is 0.465 e. The average Bonchev–Trinajstić information content (AvgIpc) is 3.18. The van der Waals surface area contributed by atoms with Crippen molar-refractivity contribution in [1.29, 1.82) is 0 Å². The number of alkyl halides is 3. The summed E-state index contributed by atoms with van der Waals surface area (Å²) in [7, 11) is 0. The Bertz CT molecular complexity index is 894. The Labute approximate surface area is 186 Å². The van der Waals surface area contributed by atoms with Gasteiger partial charge >= 0.3 is 6.18 Å². The van der Waals surface area contributed by atoms with E-state index in [1.165, 1.54) is 0 Å². The standard InChI is InChI=1S/C20H25F3N2O6S/c1-3-32-11-6-4-10(5-7-11)9(2)13-17(20(21,22)23)24-25-18(13)31-16-15(28)14(27)12(8-26)30-19(16)29/h4-7,9,12,14-16,19,26-29H,3,8H2,1-2H3,(H,24,25)/t9?,12-,14-,15+,16-,19-/m1/s1. The molecule has 0 bridgehead atoms. The molecule has 12 heteroatoms. The molecule has 1 aromatic carbocycles. The highest BCUT2D eigenvalue weighted by atomic mass is 32.2. The lowest BCUT2D eigenvalue weighted by Gasteiger charge is -2.39. The highest BCUT2D eigenvalue weighted by molar-refractivity contribution is 7.99. The van der Waals surface area contributed by atoms with Crippen LogP contribution in [0.25, 0.3) is 0 Å². The van der Waals surface area contributed by atoms with Crippen LogP contribution in [0.4, 0.5) is 13.2 Å². The van der Waals surface area contributed by atoms with Gasteiger partial charge in [0.15, 0.2) is 12.4 Å². The monoisotopic (exact) mass is 478 g/mol. The maximum atomic E-state index is 13.7. The van der Waals surface area contributed by atoms with Crippen molar-refractivity contribution in [2.45, 2.75) is 61.5 Å². The Balaban J connectivity index is 1.95. The van der Waals surface area contributed by atoms with E-state index in [4.69, 9.17) is 9.47 Å². The molecule has 0 radical (unpaired) electrons. The minimum Gasteiger partial charge on any atom is -0.465 e. The van der Waals surface area contributed by atoms with Crippen LogP contribution in [0.15, 0.2) is 29.2 Å². The maximum absolute atomic E-state index is 13.7. The lowest BCUT2D eigenvalue weighted by molar-refractivity contribution is -0.281. The van der Waals surface area contributed by atoms with Gasteiger partial charge in [0.2, 0.25) is 5.88 Å². The van der Waals surface area contributed by atoms with Gasteiger partial charge in [0, 0.05) is 10.8 Å². The second-order valence-corrected chi connectivity index (χ2v) is 8.69. The molecule has 1 saturated heterocycles. The van der Waals surface area contributed by atoms with E-state index in [9.17, 15) is 33.6 Å². The predicted molar refractivity (Wildman–Crippen MR) is 108 cm³/mol. The van der Waals surface area contributed by atoms with Crippen LogP contribution in [0.5, 0.6) is 5.88 Å². The fraction of sp³-hybridized carbons (Fsp3) is 0.550. The quantitative estimate of drug-likeness (QED) is 0.382. The van der Waals surface area contributed by atoms with Gasteiger partial charge in [0.25, 0.3) is 0 Å². The molecule has 0 spiro atoms. The minimum absolute atomic E-state index is 0.313. The summed E-state index contributed by atoms with van der Waals surface area (Å²) in [5.41, 5.74) is -0.864. The van der Waals surface area contributed by atoms with E-state index in [1.54, 1.807) is 30.8 Å². The molecule has 0 amide bonds. The minimum atomic E-state index is -4.77. The first kappa shape index (κ1) is 24.8. The van der Waals surface area contributed by atoms with E-state index in [1.807, 2.05) is 24.2 Å². The van der Waals surface area contributed by atoms with E-state index in [0.29, 0.717) is 5.56 Å². The van der Waals surface area contributed by atoms with Crippen molar-refractivity contribution in [3.63, 3.8) is 0 Å². The fourth-order valence-corrected chi connectivity index (χ4v) is 4.22. The number of aliphatic hydroxyl groups is 4. The van der Waals surface area contributed by atoms with Gasteiger partial charge in [-0.25, -0.2) is 0 Å². The molecular formula is C20H25F3N2O6S. The predicted octanol–water partition coefficient (Wildman–Crippen LogP) is 1.87. The topological polar surface area (TPSA) is 128 Å². The van der Waals surface area contributed by atoms with E-state index in [-0.39, 0.29) is 5.56 Å². The number of halogens is 3. The Morgan fingerprint density at radius 2 is 1.84 bits per heavy atom. The van der Waals surface area contributed by atoms with E-state index in [2.05, 4.69) is 5.10 Å². The number of thioether (sulfide) groups is 1. The number of aliphatic hydroxyl groups excluding tert-OH is 4. The Hall–Kier alpha value is -1.83. The van der Waals surface area contributed by atoms with Crippen LogP contribution in [0.2, 0.25) is 0 Å². The molecule has 8 nitrogen and oxygen atoms in total. The van der Waals surface area contributed by atoms with Gasteiger partial charge in [-0.1, -0.05) is 26.0 Å². The lowest BCUT2D eigenvalue weighted by atomic mass is 9.92. The first-order chi connectivity index (χ1) is 15.1. The molecule has 5 N–H and O–H groups in total. The summed E-state index contributed by atoms with van der Waals surface area (Å²) < 4.78 is 51.5. The van der Waals surface area contributed by atoms with E-state index < -0.39 is 61.0 Å². The van der Waals surface area contributed by atoms with E-state index >= 15 is 0 Å². The number of aromatic nitrogens is 2. The summed E-state index contributed by atoms with van der Waals surface area (Å²) in [5.74, 6) is -0.447. The van der Waals surface area contributed by atoms with Gasteiger partial charge < -0.3 is 29.9 Å². The zero-order valence-electron chi connectivity index (χ0n) is 17.3. The van der Waals surface area contributed by atoms with Gasteiger partial charge in [-0.2, -0.15) is 13.2 Å². The molecule has 1 fully saturated rings. The first-order valence-corrected chi connectivity index (χ1v) is 10.9. The average molecular weight is 478 g/mol. The number of rotatable bonds is 7.